The van der Waals surface area contributed by atoms with Crippen molar-refractivity contribution in [2.45, 2.75) is 20.3 Å². The summed E-state index contributed by atoms with van der Waals surface area (Å²) in [7, 11) is 0. The SMILES string of the molecule is CCc1c(C)sc(NC(=O)c2ccc(Br)o2)c1C#N. The van der Waals surface area contributed by atoms with E-state index in [2.05, 4.69) is 27.3 Å². The van der Waals surface area contributed by atoms with Crippen molar-refractivity contribution < 1.29 is 9.21 Å². The number of amides is 1. The number of aryl methyl sites for hydroxylation is 1. The van der Waals surface area contributed by atoms with Gasteiger partial charge in [-0.2, -0.15) is 5.26 Å². The van der Waals surface area contributed by atoms with Crippen LogP contribution in [0.4, 0.5) is 5.00 Å². The molecule has 0 saturated carbocycles. The highest BCUT2D eigenvalue weighted by Crippen LogP contribution is 2.33. The molecule has 98 valence electrons. The highest BCUT2D eigenvalue weighted by molar-refractivity contribution is 9.10. The van der Waals surface area contributed by atoms with Crippen molar-refractivity contribution in [3.05, 3.63) is 38.6 Å². The van der Waals surface area contributed by atoms with Crippen LogP contribution in [0, 0.1) is 18.3 Å². The van der Waals surface area contributed by atoms with Gasteiger partial charge in [0.2, 0.25) is 0 Å². The summed E-state index contributed by atoms with van der Waals surface area (Å²) >= 11 is 4.56. The molecule has 0 radical (unpaired) electrons. The number of nitrogens with zero attached hydrogens (tertiary/aromatic N) is 1. The fourth-order valence-corrected chi connectivity index (χ4v) is 3.21. The van der Waals surface area contributed by atoms with Gasteiger partial charge in [-0.1, -0.05) is 6.92 Å². The predicted molar refractivity (Wildman–Crippen MR) is 77.5 cm³/mol. The second-order valence-electron chi connectivity index (χ2n) is 3.86. The minimum atomic E-state index is -0.355. The van der Waals surface area contributed by atoms with Crippen LogP contribution in [0.5, 0.6) is 0 Å². The van der Waals surface area contributed by atoms with Crippen LogP contribution < -0.4 is 5.32 Å². The van der Waals surface area contributed by atoms with Crippen LogP contribution in [0.25, 0.3) is 0 Å². The second-order valence-corrected chi connectivity index (χ2v) is 5.87. The fourth-order valence-electron chi connectivity index (χ4n) is 1.81. The van der Waals surface area contributed by atoms with E-state index in [1.165, 1.54) is 11.3 Å². The molecule has 0 saturated heterocycles. The van der Waals surface area contributed by atoms with Gasteiger partial charge in [0.1, 0.15) is 11.1 Å². The number of thiophene rings is 1. The van der Waals surface area contributed by atoms with E-state index in [9.17, 15) is 10.1 Å². The predicted octanol–water partition coefficient (Wildman–Crippen LogP) is 4.10. The van der Waals surface area contributed by atoms with Crippen molar-refractivity contribution in [3.63, 3.8) is 0 Å². The van der Waals surface area contributed by atoms with Crippen LogP contribution in [-0.4, -0.2) is 5.91 Å². The molecular formula is C13H11BrN2O2S. The van der Waals surface area contributed by atoms with E-state index in [-0.39, 0.29) is 11.7 Å². The Hall–Kier alpha value is -1.58. The van der Waals surface area contributed by atoms with Gasteiger partial charge >= 0.3 is 0 Å². The van der Waals surface area contributed by atoms with Crippen molar-refractivity contribution >= 4 is 38.2 Å². The number of halogens is 1. The minimum absolute atomic E-state index is 0.208. The number of hydrogen-bond donors (Lipinski definition) is 1. The Bertz CT molecular complexity index is 667. The molecule has 6 heteroatoms. The zero-order chi connectivity index (χ0) is 14.0. The largest absolute Gasteiger partial charge is 0.444 e. The number of anilines is 1. The van der Waals surface area contributed by atoms with E-state index in [0.29, 0.717) is 15.2 Å². The molecule has 4 nitrogen and oxygen atoms in total. The minimum Gasteiger partial charge on any atom is -0.444 e. The average Bonchev–Trinajstić information content (AvgIpc) is 2.92. The van der Waals surface area contributed by atoms with E-state index in [1.807, 2.05) is 13.8 Å². The number of carbonyl (C=O) groups is 1. The standard InChI is InChI=1S/C13H11BrN2O2S/c1-3-8-7(2)19-13(9(8)6-15)16-12(17)10-4-5-11(14)18-10/h4-5H,3H2,1-2H3,(H,16,17). The Morgan fingerprint density at radius 2 is 2.32 bits per heavy atom. The monoisotopic (exact) mass is 338 g/mol. The fraction of sp³-hybridized carbons (Fsp3) is 0.231. The maximum absolute atomic E-state index is 12.0. The van der Waals surface area contributed by atoms with Gasteiger partial charge in [0, 0.05) is 4.88 Å². The first-order valence-electron chi connectivity index (χ1n) is 5.65. The summed E-state index contributed by atoms with van der Waals surface area (Å²) in [6.07, 6.45) is 0.771. The topological polar surface area (TPSA) is 66.0 Å². The van der Waals surface area contributed by atoms with Gasteiger partial charge in [0.05, 0.1) is 5.56 Å². The van der Waals surface area contributed by atoms with E-state index in [4.69, 9.17) is 4.42 Å². The molecule has 1 N–H and O–H groups in total. The molecule has 0 bridgehead atoms. The molecule has 0 atom stereocenters. The second kappa shape index (κ2) is 5.59. The number of hydrogen-bond acceptors (Lipinski definition) is 4. The Labute approximate surface area is 123 Å². The lowest BCUT2D eigenvalue weighted by atomic mass is 10.1. The lowest BCUT2D eigenvalue weighted by molar-refractivity contribution is 0.0996. The smallest absolute Gasteiger partial charge is 0.292 e. The number of nitrogens with one attached hydrogen (secondary N) is 1. The Morgan fingerprint density at radius 1 is 1.58 bits per heavy atom. The lowest BCUT2D eigenvalue weighted by Gasteiger charge is -2.00. The average molecular weight is 339 g/mol. The molecule has 0 aliphatic rings. The number of rotatable bonds is 3. The van der Waals surface area contributed by atoms with Gasteiger partial charge in [-0.05, 0) is 47.0 Å². The van der Waals surface area contributed by atoms with Crippen molar-refractivity contribution in [1.29, 1.82) is 5.26 Å². The molecule has 2 heterocycles. The summed E-state index contributed by atoms with van der Waals surface area (Å²) in [4.78, 5) is 13.0. The Balaban J connectivity index is 2.29. The maximum Gasteiger partial charge on any atom is 0.292 e. The number of nitriles is 1. The molecule has 0 aromatic carbocycles. The quantitative estimate of drug-likeness (QED) is 0.916. The van der Waals surface area contributed by atoms with Crippen LogP contribution in [0.1, 0.15) is 33.5 Å². The van der Waals surface area contributed by atoms with E-state index in [0.717, 1.165) is 16.9 Å². The highest BCUT2D eigenvalue weighted by atomic mass is 79.9. The molecule has 0 aliphatic heterocycles. The first-order chi connectivity index (χ1) is 9.06. The van der Waals surface area contributed by atoms with Gasteiger partial charge < -0.3 is 9.73 Å². The third-order valence-corrected chi connectivity index (χ3v) is 4.19. The van der Waals surface area contributed by atoms with Crippen LogP contribution in [0.3, 0.4) is 0 Å². The summed E-state index contributed by atoms with van der Waals surface area (Å²) in [6, 6.07) is 5.38. The molecular weight excluding hydrogens is 328 g/mol. The van der Waals surface area contributed by atoms with Crippen LogP contribution in [0.2, 0.25) is 0 Å². The normalized spacial score (nSPS) is 10.2. The molecule has 2 aromatic rings. The summed E-state index contributed by atoms with van der Waals surface area (Å²) in [5, 5.41) is 12.5. The third kappa shape index (κ3) is 2.72. The van der Waals surface area contributed by atoms with Gasteiger partial charge in [-0.15, -0.1) is 11.3 Å². The molecule has 0 aliphatic carbocycles. The van der Waals surface area contributed by atoms with Crippen molar-refractivity contribution in [3.8, 4) is 6.07 Å². The molecule has 0 fully saturated rings. The van der Waals surface area contributed by atoms with E-state index >= 15 is 0 Å². The number of furan rings is 1. The summed E-state index contributed by atoms with van der Waals surface area (Å²) in [5.41, 5.74) is 1.53. The van der Waals surface area contributed by atoms with Gasteiger partial charge in [0.15, 0.2) is 10.4 Å². The third-order valence-electron chi connectivity index (χ3n) is 2.70. The first-order valence-corrected chi connectivity index (χ1v) is 7.26. The lowest BCUT2D eigenvalue weighted by Crippen LogP contribution is -2.10. The van der Waals surface area contributed by atoms with Crippen molar-refractivity contribution in [2.75, 3.05) is 5.32 Å². The van der Waals surface area contributed by atoms with E-state index in [1.54, 1.807) is 12.1 Å². The zero-order valence-electron chi connectivity index (χ0n) is 10.4. The van der Waals surface area contributed by atoms with Crippen molar-refractivity contribution in [2.24, 2.45) is 0 Å². The molecule has 19 heavy (non-hydrogen) atoms. The molecule has 1 amide bonds. The van der Waals surface area contributed by atoms with Gasteiger partial charge in [-0.25, -0.2) is 0 Å². The Morgan fingerprint density at radius 3 is 2.84 bits per heavy atom. The molecule has 0 spiro atoms. The summed E-state index contributed by atoms with van der Waals surface area (Å²) < 4.78 is 5.68. The summed E-state index contributed by atoms with van der Waals surface area (Å²) in [6.45, 7) is 3.94. The first kappa shape index (κ1) is 13.8. The summed E-state index contributed by atoms with van der Waals surface area (Å²) in [5.74, 6) is -0.147. The van der Waals surface area contributed by atoms with Crippen LogP contribution in [-0.2, 0) is 6.42 Å². The molecule has 2 rings (SSSR count). The van der Waals surface area contributed by atoms with Crippen molar-refractivity contribution in [1.82, 2.24) is 0 Å². The maximum atomic E-state index is 12.0. The van der Waals surface area contributed by atoms with Crippen LogP contribution >= 0.6 is 27.3 Å². The van der Waals surface area contributed by atoms with Gasteiger partial charge in [-0.3, -0.25) is 4.79 Å². The zero-order valence-corrected chi connectivity index (χ0v) is 12.8. The molecule has 0 unspecified atom stereocenters. The van der Waals surface area contributed by atoms with E-state index < -0.39 is 0 Å². The number of carbonyl (C=O) groups excluding carboxylic acids is 1. The Kier molecular flexibility index (Phi) is 4.08. The van der Waals surface area contributed by atoms with Crippen LogP contribution in [0.15, 0.2) is 21.2 Å². The molecule has 2 aromatic heterocycles. The highest BCUT2D eigenvalue weighted by Gasteiger charge is 2.18. The van der Waals surface area contributed by atoms with Gasteiger partial charge in [0.25, 0.3) is 5.91 Å².